The summed E-state index contributed by atoms with van der Waals surface area (Å²) in [6.45, 7) is 13.3. The van der Waals surface area contributed by atoms with Crippen LogP contribution in [0.4, 0.5) is 0 Å². The number of ether oxygens (including phenoxy) is 1. The van der Waals surface area contributed by atoms with Crippen LogP contribution in [-0.4, -0.2) is 12.2 Å². The van der Waals surface area contributed by atoms with Gasteiger partial charge in [-0.25, -0.2) is 0 Å². The van der Waals surface area contributed by atoms with E-state index in [2.05, 4.69) is 40.7 Å². The topological polar surface area (TPSA) is 9.23 Å². The maximum Gasteiger partial charge on any atom is 0.0715 e. The molecule has 3 fully saturated rings. The second-order valence-corrected chi connectivity index (χ2v) is 11.0. The van der Waals surface area contributed by atoms with Gasteiger partial charge in [-0.1, -0.05) is 52.2 Å². The third-order valence-corrected chi connectivity index (χ3v) is 10.2. The highest BCUT2D eigenvalue weighted by Gasteiger charge is 2.66. The van der Waals surface area contributed by atoms with Crippen molar-refractivity contribution in [2.45, 2.75) is 111 Å². The van der Waals surface area contributed by atoms with Gasteiger partial charge >= 0.3 is 0 Å². The summed E-state index contributed by atoms with van der Waals surface area (Å²) < 4.78 is 6.73. The quantitative estimate of drug-likeness (QED) is 0.453. The smallest absolute Gasteiger partial charge is 0.0715 e. The van der Waals surface area contributed by atoms with Gasteiger partial charge in [0.25, 0.3) is 0 Å². The average Bonchev–Trinajstić information content (AvgIpc) is 2.99. The molecule has 4 rings (SSSR count). The molecule has 1 heteroatoms. The van der Waals surface area contributed by atoms with Gasteiger partial charge in [0.2, 0.25) is 0 Å². The normalized spacial score (nSPS) is 47.6. The van der Waals surface area contributed by atoms with Crippen molar-refractivity contribution in [3.8, 4) is 0 Å². The molecule has 1 nitrogen and oxygen atoms in total. The van der Waals surface area contributed by atoms with E-state index in [0.717, 1.165) is 36.7 Å². The zero-order valence-corrected chi connectivity index (χ0v) is 18.8. The third-order valence-electron chi connectivity index (χ3n) is 10.2. The molecule has 154 valence electrons. The standard InChI is InChI=1S/C26H44O/c1-6-18-27-25(5)16-13-23-21-12-11-20-10-8-9-15-24(20,4)22(21)14-17-26(23,25)19(3)7-2/h11,19,21-23H,6-10,12-18H2,1-5H3. The Hall–Kier alpha value is -0.300. The van der Waals surface area contributed by atoms with E-state index in [1.807, 2.05) is 5.57 Å². The molecule has 0 aromatic heterocycles. The number of rotatable bonds is 5. The highest BCUT2D eigenvalue weighted by molar-refractivity contribution is 5.25. The third kappa shape index (κ3) is 2.73. The van der Waals surface area contributed by atoms with Gasteiger partial charge in [0.05, 0.1) is 5.60 Å². The molecule has 0 bridgehead atoms. The Bertz CT molecular complexity index is 579. The van der Waals surface area contributed by atoms with Crippen LogP contribution in [0.2, 0.25) is 0 Å². The van der Waals surface area contributed by atoms with Crippen molar-refractivity contribution in [2.24, 2.45) is 34.5 Å². The zero-order valence-electron chi connectivity index (χ0n) is 18.8. The SMILES string of the molecule is CCCOC1(C)CCC2C3CC=C4CCCCC4(C)C3CCC21C(C)CC. The number of hydrogen-bond donors (Lipinski definition) is 0. The fraction of sp³-hybridized carbons (Fsp3) is 0.923. The first kappa shape index (κ1) is 20.0. The lowest BCUT2D eigenvalue weighted by molar-refractivity contribution is -0.179. The maximum absolute atomic E-state index is 6.73. The van der Waals surface area contributed by atoms with Crippen molar-refractivity contribution in [2.75, 3.05) is 6.61 Å². The monoisotopic (exact) mass is 372 g/mol. The van der Waals surface area contributed by atoms with E-state index in [0.29, 0.717) is 10.8 Å². The summed E-state index contributed by atoms with van der Waals surface area (Å²) in [4.78, 5) is 0. The van der Waals surface area contributed by atoms with Gasteiger partial charge in [0, 0.05) is 12.0 Å². The van der Waals surface area contributed by atoms with Gasteiger partial charge in [0.15, 0.2) is 0 Å². The van der Waals surface area contributed by atoms with Crippen molar-refractivity contribution in [1.29, 1.82) is 0 Å². The molecule has 0 radical (unpaired) electrons. The molecule has 7 atom stereocenters. The lowest BCUT2D eigenvalue weighted by atomic mass is 9.44. The average molecular weight is 373 g/mol. The number of hydrogen-bond acceptors (Lipinski definition) is 1. The Morgan fingerprint density at radius 2 is 1.85 bits per heavy atom. The molecule has 4 aliphatic rings. The van der Waals surface area contributed by atoms with Crippen LogP contribution in [0.15, 0.2) is 11.6 Å². The summed E-state index contributed by atoms with van der Waals surface area (Å²) in [6.07, 6.45) is 17.8. The van der Waals surface area contributed by atoms with Crippen LogP contribution in [-0.2, 0) is 4.74 Å². The van der Waals surface area contributed by atoms with E-state index in [1.165, 1.54) is 64.2 Å². The van der Waals surface area contributed by atoms with E-state index in [4.69, 9.17) is 4.74 Å². The minimum Gasteiger partial charge on any atom is -0.375 e. The predicted molar refractivity (Wildman–Crippen MR) is 115 cm³/mol. The minimum absolute atomic E-state index is 0.103. The molecule has 3 saturated carbocycles. The first-order chi connectivity index (χ1) is 12.9. The lowest BCUT2D eigenvalue weighted by Gasteiger charge is -2.61. The molecule has 0 heterocycles. The molecular weight excluding hydrogens is 328 g/mol. The van der Waals surface area contributed by atoms with Crippen LogP contribution < -0.4 is 0 Å². The molecule has 0 N–H and O–H groups in total. The summed E-state index contributed by atoms with van der Waals surface area (Å²) in [5.41, 5.74) is 2.88. The highest BCUT2D eigenvalue weighted by Crippen LogP contribution is 2.70. The molecule has 0 aliphatic heterocycles. The van der Waals surface area contributed by atoms with Gasteiger partial charge in [-0.15, -0.1) is 0 Å². The van der Waals surface area contributed by atoms with E-state index in [9.17, 15) is 0 Å². The number of allylic oxidation sites excluding steroid dienone is 2. The Balaban J connectivity index is 1.71. The molecule has 0 spiro atoms. The predicted octanol–water partition coefficient (Wildman–Crippen LogP) is 7.55. The first-order valence-corrected chi connectivity index (χ1v) is 12.3. The Kier molecular flexibility index (Phi) is 5.32. The minimum atomic E-state index is 0.103. The summed E-state index contributed by atoms with van der Waals surface area (Å²) in [6, 6.07) is 0. The Morgan fingerprint density at radius 1 is 1.07 bits per heavy atom. The molecule has 27 heavy (non-hydrogen) atoms. The van der Waals surface area contributed by atoms with Crippen LogP contribution in [0.5, 0.6) is 0 Å². The van der Waals surface area contributed by atoms with Crippen molar-refractivity contribution in [3.05, 3.63) is 11.6 Å². The van der Waals surface area contributed by atoms with Crippen LogP contribution in [0.1, 0.15) is 105 Å². The van der Waals surface area contributed by atoms with Gasteiger partial charge in [-0.3, -0.25) is 0 Å². The summed E-state index contributed by atoms with van der Waals surface area (Å²) in [5, 5.41) is 0. The van der Waals surface area contributed by atoms with Crippen LogP contribution in [0, 0.1) is 34.5 Å². The summed E-state index contributed by atoms with van der Waals surface area (Å²) in [7, 11) is 0. The van der Waals surface area contributed by atoms with Gasteiger partial charge in [-0.2, -0.15) is 0 Å². The van der Waals surface area contributed by atoms with Crippen LogP contribution in [0.25, 0.3) is 0 Å². The highest BCUT2D eigenvalue weighted by atomic mass is 16.5. The fourth-order valence-corrected chi connectivity index (χ4v) is 8.69. The van der Waals surface area contributed by atoms with Crippen LogP contribution in [0.3, 0.4) is 0 Å². The second-order valence-electron chi connectivity index (χ2n) is 11.0. The van der Waals surface area contributed by atoms with E-state index in [1.54, 1.807) is 0 Å². The van der Waals surface area contributed by atoms with E-state index < -0.39 is 0 Å². The Labute approximate surface area is 168 Å². The van der Waals surface area contributed by atoms with Gasteiger partial charge in [0.1, 0.15) is 0 Å². The van der Waals surface area contributed by atoms with E-state index >= 15 is 0 Å². The summed E-state index contributed by atoms with van der Waals surface area (Å²) in [5.74, 6) is 3.50. The van der Waals surface area contributed by atoms with Crippen molar-refractivity contribution in [3.63, 3.8) is 0 Å². The lowest BCUT2D eigenvalue weighted by Crippen LogP contribution is -2.58. The van der Waals surface area contributed by atoms with Crippen molar-refractivity contribution in [1.82, 2.24) is 0 Å². The maximum atomic E-state index is 6.73. The Morgan fingerprint density at radius 3 is 2.59 bits per heavy atom. The summed E-state index contributed by atoms with van der Waals surface area (Å²) >= 11 is 0. The van der Waals surface area contributed by atoms with Crippen LogP contribution >= 0.6 is 0 Å². The molecule has 4 aliphatic carbocycles. The molecule has 0 saturated heterocycles. The molecule has 0 aromatic carbocycles. The van der Waals surface area contributed by atoms with Crippen molar-refractivity contribution < 1.29 is 4.74 Å². The fourth-order valence-electron chi connectivity index (χ4n) is 8.69. The first-order valence-electron chi connectivity index (χ1n) is 12.3. The van der Waals surface area contributed by atoms with E-state index in [-0.39, 0.29) is 5.60 Å². The molecule has 0 amide bonds. The van der Waals surface area contributed by atoms with Gasteiger partial charge in [-0.05, 0) is 93.8 Å². The zero-order chi connectivity index (χ0) is 19.3. The number of fused-ring (bicyclic) bond motifs is 5. The second kappa shape index (κ2) is 7.19. The molecule has 0 aromatic rings. The van der Waals surface area contributed by atoms with Crippen molar-refractivity contribution >= 4 is 0 Å². The molecular formula is C26H44O. The molecule has 7 unspecified atom stereocenters. The largest absolute Gasteiger partial charge is 0.375 e. The van der Waals surface area contributed by atoms with Gasteiger partial charge < -0.3 is 4.74 Å².